The van der Waals surface area contributed by atoms with Crippen LogP contribution in [0.5, 0.6) is 5.88 Å². The number of amides is 1. The molecule has 0 spiro atoms. The molecule has 5 nitrogen and oxygen atoms in total. The van der Waals surface area contributed by atoms with Crippen LogP contribution in [0.2, 0.25) is 0 Å². The summed E-state index contributed by atoms with van der Waals surface area (Å²) in [6, 6.07) is 3.84. The zero-order valence-corrected chi connectivity index (χ0v) is 12.9. The molecule has 1 aromatic rings. The molecule has 1 amide bonds. The number of carbonyl (C=O) groups excluding carboxylic acids is 1. The van der Waals surface area contributed by atoms with Crippen LogP contribution in [0, 0.1) is 6.92 Å². The lowest BCUT2D eigenvalue weighted by atomic mass is 10.3. The number of hydrogen-bond donors (Lipinski definition) is 2. The molecule has 1 aromatic heterocycles. The number of hydrogen-bond acceptors (Lipinski definition) is 4. The average molecular weight is 291 g/mol. The van der Waals surface area contributed by atoms with Crippen molar-refractivity contribution in [1.82, 2.24) is 15.6 Å². The van der Waals surface area contributed by atoms with Gasteiger partial charge < -0.3 is 15.4 Å². The third kappa shape index (κ3) is 5.34. The van der Waals surface area contributed by atoms with E-state index in [4.69, 9.17) is 4.74 Å². The summed E-state index contributed by atoms with van der Waals surface area (Å²) in [5, 5.41) is 6.15. The first-order valence-electron chi connectivity index (χ1n) is 7.65. The van der Waals surface area contributed by atoms with Gasteiger partial charge in [-0.05, 0) is 51.8 Å². The lowest BCUT2D eigenvalue weighted by Crippen LogP contribution is -2.40. The minimum absolute atomic E-state index is 0.00107. The molecule has 1 aliphatic carbocycles. The molecule has 2 fully saturated rings. The van der Waals surface area contributed by atoms with Crippen molar-refractivity contribution in [3.8, 4) is 5.88 Å². The van der Waals surface area contributed by atoms with Crippen LogP contribution < -0.4 is 15.4 Å². The van der Waals surface area contributed by atoms with E-state index >= 15 is 0 Å². The second-order valence-corrected chi connectivity index (χ2v) is 5.83. The van der Waals surface area contributed by atoms with Crippen molar-refractivity contribution >= 4 is 5.91 Å². The van der Waals surface area contributed by atoms with Crippen LogP contribution in [-0.2, 0) is 4.79 Å². The third-order valence-corrected chi connectivity index (χ3v) is 3.70. The number of pyridine rings is 1. The molecule has 1 saturated carbocycles. The highest BCUT2D eigenvalue weighted by Gasteiger charge is 2.44. The zero-order chi connectivity index (χ0) is 15.1. The van der Waals surface area contributed by atoms with Crippen LogP contribution in [-0.4, -0.2) is 36.1 Å². The van der Waals surface area contributed by atoms with E-state index in [1.807, 2.05) is 19.1 Å². The Morgan fingerprint density at radius 3 is 2.62 bits per heavy atom. The molecule has 5 heteroatoms. The zero-order valence-electron chi connectivity index (χ0n) is 12.9. The van der Waals surface area contributed by atoms with Crippen molar-refractivity contribution in [2.75, 3.05) is 19.7 Å². The lowest BCUT2D eigenvalue weighted by molar-refractivity contribution is -0.120. The van der Waals surface area contributed by atoms with Gasteiger partial charge in [-0.2, -0.15) is 0 Å². The molecule has 116 valence electrons. The summed E-state index contributed by atoms with van der Waals surface area (Å²) in [4.78, 5) is 15.1. The highest BCUT2D eigenvalue weighted by atomic mass is 16.5. The monoisotopic (exact) mass is 291 g/mol. The first-order valence-corrected chi connectivity index (χ1v) is 7.65. The van der Waals surface area contributed by atoms with E-state index in [0.29, 0.717) is 12.5 Å². The molecular weight excluding hydrogens is 266 g/mol. The molecule has 2 N–H and O–H groups in total. The SMILES string of the molecule is C1CCNC1.CC(=O)NC1(COc2ncccc2C)CC1. The number of aryl methyl sites for hydroxylation is 1. The summed E-state index contributed by atoms with van der Waals surface area (Å²) in [5.41, 5.74) is 0.872. The molecule has 0 unspecified atom stereocenters. The highest BCUT2D eigenvalue weighted by molar-refractivity contribution is 5.74. The molecule has 2 heterocycles. The number of carbonyl (C=O) groups is 1. The van der Waals surface area contributed by atoms with Crippen molar-refractivity contribution in [1.29, 1.82) is 0 Å². The highest BCUT2D eigenvalue weighted by Crippen LogP contribution is 2.35. The molecule has 1 aliphatic heterocycles. The first-order chi connectivity index (χ1) is 10.1. The quantitative estimate of drug-likeness (QED) is 0.888. The number of ether oxygens (including phenoxy) is 1. The predicted octanol–water partition coefficient (Wildman–Crippen LogP) is 1.81. The standard InChI is InChI=1S/C12H16N2O2.C4H9N/c1-9-4-3-7-13-11(9)16-8-12(5-6-12)14-10(2)15;1-2-4-5-3-1/h3-4,7H,5-6,8H2,1-2H3,(H,14,15);5H,1-4H2. The summed E-state index contributed by atoms with van der Waals surface area (Å²) in [7, 11) is 0. The van der Waals surface area contributed by atoms with Crippen LogP contribution in [0.1, 0.15) is 38.2 Å². The van der Waals surface area contributed by atoms with E-state index in [2.05, 4.69) is 15.6 Å². The van der Waals surface area contributed by atoms with Gasteiger partial charge >= 0.3 is 0 Å². The molecular formula is C16H25N3O2. The normalized spacial score (nSPS) is 18.4. The Labute approximate surface area is 126 Å². The summed E-state index contributed by atoms with van der Waals surface area (Å²) >= 11 is 0. The molecule has 0 aromatic carbocycles. The number of rotatable bonds is 4. The Hall–Kier alpha value is -1.62. The van der Waals surface area contributed by atoms with Gasteiger partial charge in [0.1, 0.15) is 6.61 Å². The maximum absolute atomic E-state index is 11.0. The van der Waals surface area contributed by atoms with E-state index < -0.39 is 0 Å². The largest absolute Gasteiger partial charge is 0.475 e. The third-order valence-electron chi connectivity index (χ3n) is 3.70. The Kier molecular flexibility index (Phi) is 5.56. The molecule has 3 rings (SSSR count). The van der Waals surface area contributed by atoms with Gasteiger partial charge in [0.15, 0.2) is 0 Å². The summed E-state index contributed by atoms with van der Waals surface area (Å²) in [5.74, 6) is 0.651. The predicted molar refractivity (Wildman–Crippen MR) is 82.4 cm³/mol. The average Bonchev–Trinajstić information content (AvgIpc) is 2.96. The van der Waals surface area contributed by atoms with Crippen molar-refractivity contribution in [2.24, 2.45) is 0 Å². The number of aromatic nitrogens is 1. The summed E-state index contributed by atoms with van der Waals surface area (Å²) < 4.78 is 5.64. The lowest BCUT2D eigenvalue weighted by Gasteiger charge is -2.17. The molecule has 21 heavy (non-hydrogen) atoms. The second-order valence-electron chi connectivity index (χ2n) is 5.83. The smallest absolute Gasteiger partial charge is 0.217 e. The Balaban J connectivity index is 0.000000272. The van der Waals surface area contributed by atoms with Gasteiger partial charge in [-0.1, -0.05) is 6.07 Å². The van der Waals surface area contributed by atoms with E-state index in [9.17, 15) is 4.79 Å². The molecule has 0 bridgehead atoms. The minimum Gasteiger partial charge on any atom is -0.475 e. The first kappa shape index (κ1) is 15.8. The van der Waals surface area contributed by atoms with Gasteiger partial charge in [0.2, 0.25) is 11.8 Å². The van der Waals surface area contributed by atoms with Crippen LogP contribution in [0.15, 0.2) is 18.3 Å². The number of nitrogens with zero attached hydrogens (tertiary/aromatic N) is 1. The van der Waals surface area contributed by atoms with Crippen LogP contribution in [0.3, 0.4) is 0 Å². The molecule has 2 aliphatic rings. The fourth-order valence-electron chi connectivity index (χ4n) is 2.28. The maximum Gasteiger partial charge on any atom is 0.217 e. The fraction of sp³-hybridized carbons (Fsp3) is 0.625. The molecule has 0 atom stereocenters. The molecule has 0 radical (unpaired) electrons. The number of nitrogens with one attached hydrogen (secondary N) is 2. The van der Waals surface area contributed by atoms with Crippen molar-refractivity contribution in [3.63, 3.8) is 0 Å². The van der Waals surface area contributed by atoms with Gasteiger partial charge in [-0.25, -0.2) is 4.98 Å². The second kappa shape index (κ2) is 7.41. The summed E-state index contributed by atoms with van der Waals surface area (Å²) in [6.07, 6.45) is 6.46. The Morgan fingerprint density at radius 2 is 2.14 bits per heavy atom. The van der Waals surface area contributed by atoms with Crippen LogP contribution in [0.4, 0.5) is 0 Å². The van der Waals surface area contributed by atoms with E-state index in [1.54, 1.807) is 6.20 Å². The van der Waals surface area contributed by atoms with Crippen molar-refractivity contribution in [2.45, 2.75) is 45.1 Å². The van der Waals surface area contributed by atoms with Crippen molar-refractivity contribution in [3.05, 3.63) is 23.9 Å². The topological polar surface area (TPSA) is 63.2 Å². The van der Waals surface area contributed by atoms with Gasteiger partial charge in [-0.3, -0.25) is 4.79 Å². The van der Waals surface area contributed by atoms with Crippen LogP contribution >= 0.6 is 0 Å². The minimum atomic E-state index is -0.143. The van der Waals surface area contributed by atoms with E-state index in [0.717, 1.165) is 18.4 Å². The maximum atomic E-state index is 11.0. The molecule has 1 saturated heterocycles. The Morgan fingerprint density at radius 1 is 1.43 bits per heavy atom. The van der Waals surface area contributed by atoms with Crippen molar-refractivity contribution < 1.29 is 9.53 Å². The van der Waals surface area contributed by atoms with Gasteiger partial charge in [0.05, 0.1) is 5.54 Å². The van der Waals surface area contributed by atoms with E-state index in [1.165, 1.54) is 32.9 Å². The van der Waals surface area contributed by atoms with Gasteiger partial charge in [0, 0.05) is 18.7 Å². The van der Waals surface area contributed by atoms with Gasteiger partial charge in [0.25, 0.3) is 0 Å². The van der Waals surface area contributed by atoms with Gasteiger partial charge in [-0.15, -0.1) is 0 Å². The van der Waals surface area contributed by atoms with E-state index in [-0.39, 0.29) is 11.4 Å². The fourth-order valence-corrected chi connectivity index (χ4v) is 2.28. The Bertz CT molecular complexity index is 461. The summed E-state index contributed by atoms with van der Waals surface area (Å²) in [6.45, 7) is 6.50. The van der Waals surface area contributed by atoms with Crippen LogP contribution in [0.25, 0.3) is 0 Å².